The summed E-state index contributed by atoms with van der Waals surface area (Å²) in [5.74, 6) is -7.37. The Bertz CT molecular complexity index is 1510. The number of aromatic hydroxyl groups is 2. The highest BCUT2D eigenvalue weighted by Gasteiger charge is 2.53. The lowest BCUT2D eigenvalue weighted by molar-refractivity contribution is -0.251. The second-order valence-corrected chi connectivity index (χ2v) is 10.6. The van der Waals surface area contributed by atoms with E-state index in [0.717, 1.165) is 40.4 Å². The molecule has 0 bridgehead atoms. The average Bonchev–Trinajstić information content (AvgIpc) is 2.89. The van der Waals surface area contributed by atoms with Crippen molar-refractivity contribution in [3.05, 3.63) is 45.6 Å². The average molecular weight is 617 g/mol. The van der Waals surface area contributed by atoms with Gasteiger partial charge in [-0.3, -0.25) is 28.8 Å². The number of carbonyl (C=O) groups excluding carboxylic acids is 6. The smallest absolute Gasteiger partial charge is 0.307 e. The summed E-state index contributed by atoms with van der Waals surface area (Å²) in [6.45, 7) is 6.95. The van der Waals surface area contributed by atoms with E-state index in [4.69, 9.17) is 28.4 Å². The number of carbonyl (C=O) groups is 6. The molecule has 44 heavy (non-hydrogen) atoms. The van der Waals surface area contributed by atoms with Crippen LogP contribution in [0.3, 0.4) is 0 Å². The third-order valence-corrected chi connectivity index (χ3v) is 7.49. The lowest BCUT2D eigenvalue weighted by Crippen LogP contribution is -2.57. The third kappa shape index (κ3) is 5.96. The minimum atomic E-state index is -1.85. The highest BCUT2D eigenvalue weighted by Crippen LogP contribution is 2.50. The Morgan fingerprint density at radius 2 is 1.36 bits per heavy atom. The molecule has 236 valence electrons. The molecule has 1 heterocycles. The molecular weight excluding hydrogens is 584 g/mol. The summed E-state index contributed by atoms with van der Waals surface area (Å²) in [7, 11) is 0. The van der Waals surface area contributed by atoms with Crippen LogP contribution < -0.4 is 0 Å². The van der Waals surface area contributed by atoms with E-state index in [1.165, 1.54) is 6.92 Å². The second kappa shape index (κ2) is 12.4. The normalized spacial score (nSPS) is 24.1. The van der Waals surface area contributed by atoms with Gasteiger partial charge in [0.1, 0.15) is 17.8 Å². The van der Waals surface area contributed by atoms with Crippen LogP contribution in [0, 0.1) is 6.92 Å². The molecule has 1 aromatic carbocycles. The van der Waals surface area contributed by atoms with Crippen LogP contribution in [0.25, 0.3) is 0 Å². The van der Waals surface area contributed by atoms with Crippen LogP contribution in [0.5, 0.6) is 11.5 Å². The maximum atomic E-state index is 13.9. The number of benzene rings is 1. The molecular formula is C30H32O14. The van der Waals surface area contributed by atoms with Crippen molar-refractivity contribution >= 4 is 35.4 Å². The summed E-state index contributed by atoms with van der Waals surface area (Å²) in [5, 5.41) is 22.2. The van der Waals surface area contributed by atoms with Gasteiger partial charge in [-0.05, 0) is 38.2 Å². The van der Waals surface area contributed by atoms with Crippen molar-refractivity contribution in [2.45, 2.75) is 91.3 Å². The third-order valence-electron chi connectivity index (χ3n) is 7.49. The number of rotatable bonds is 7. The first-order valence-corrected chi connectivity index (χ1v) is 13.7. The summed E-state index contributed by atoms with van der Waals surface area (Å²) in [6, 6.07) is 0. The van der Waals surface area contributed by atoms with Crippen molar-refractivity contribution < 1.29 is 67.4 Å². The fourth-order valence-electron chi connectivity index (χ4n) is 5.36. The lowest BCUT2D eigenvalue weighted by Gasteiger charge is -2.41. The van der Waals surface area contributed by atoms with E-state index in [1.807, 2.05) is 0 Å². The zero-order chi connectivity index (χ0) is 32.6. The molecule has 3 aliphatic rings. The standard InChI is InChI=1S/C30H32O14/c1-11-19(17-8-7-9-17)24(37)21-20(22(11)35)23(36)12(2)26(25(21)38)44-30-29(42-16(6)34)28(41-15(5)33)27(40-14(4)32)18(43-30)10-39-13(3)31/h10,17,27-30,35,37H,7-9H2,1-6H3/b18-10+/t27-,28?,29-,30+/m1/s1. The van der Waals surface area contributed by atoms with Gasteiger partial charge in [0.25, 0.3) is 6.29 Å². The number of phenolic OH excluding ortho intramolecular Hbond substituents is 2. The summed E-state index contributed by atoms with van der Waals surface area (Å²) < 4.78 is 32.5. The number of ether oxygens (including phenoxy) is 6. The van der Waals surface area contributed by atoms with Crippen LogP contribution in [-0.4, -0.2) is 70.3 Å². The Labute approximate surface area is 251 Å². The first-order chi connectivity index (χ1) is 20.6. The van der Waals surface area contributed by atoms with Crippen molar-refractivity contribution in [1.82, 2.24) is 0 Å². The van der Waals surface area contributed by atoms with Crippen molar-refractivity contribution in [2.75, 3.05) is 0 Å². The molecule has 1 unspecified atom stereocenters. The number of hydrogen-bond acceptors (Lipinski definition) is 14. The van der Waals surface area contributed by atoms with Crippen LogP contribution in [-0.2, 0) is 47.6 Å². The molecule has 1 saturated heterocycles. The van der Waals surface area contributed by atoms with Crippen molar-refractivity contribution in [3.63, 3.8) is 0 Å². The number of allylic oxidation sites excluding steroid dienone is 2. The summed E-state index contributed by atoms with van der Waals surface area (Å²) >= 11 is 0. The molecule has 2 N–H and O–H groups in total. The van der Waals surface area contributed by atoms with E-state index in [0.29, 0.717) is 18.4 Å². The molecule has 0 aromatic heterocycles. The van der Waals surface area contributed by atoms with Crippen molar-refractivity contribution in [2.24, 2.45) is 0 Å². The maximum absolute atomic E-state index is 13.9. The fourth-order valence-corrected chi connectivity index (χ4v) is 5.36. The molecule has 14 nitrogen and oxygen atoms in total. The lowest BCUT2D eigenvalue weighted by atomic mass is 9.74. The zero-order valence-corrected chi connectivity index (χ0v) is 24.9. The molecule has 0 amide bonds. The molecule has 4 rings (SSSR count). The Morgan fingerprint density at radius 3 is 1.89 bits per heavy atom. The molecule has 14 heteroatoms. The number of phenols is 2. The Morgan fingerprint density at radius 1 is 0.795 bits per heavy atom. The van der Waals surface area contributed by atoms with Crippen LogP contribution >= 0.6 is 0 Å². The first kappa shape index (κ1) is 32.0. The molecule has 2 fully saturated rings. The van der Waals surface area contributed by atoms with Crippen molar-refractivity contribution in [1.29, 1.82) is 0 Å². The Hall–Kier alpha value is -4.88. The Kier molecular flexibility index (Phi) is 9.02. The van der Waals surface area contributed by atoms with Gasteiger partial charge in [-0.15, -0.1) is 0 Å². The van der Waals surface area contributed by atoms with E-state index >= 15 is 0 Å². The number of fused-ring (bicyclic) bond motifs is 1. The minimum absolute atomic E-state index is 0.128. The van der Waals surface area contributed by atoms with Crippen molar-refractivity contribution in [3.8, 4) is 11.5 Å². The second-order valence-electron chi connectivity index (χ2n) is 10.6. The monoisotopic (exact) mass is 616 g/mol. The van der Waals surface area contributed by atoms with Gasteiger partial charge in [-0.1, -0.05) is 6.42 Å². The molecule has 0 radical (unpaired) electrons. The molecule has 4 atom stereocenters. The number of esters is 4. The SMILES string of the molecule is CC(=O)O/C=C1/O[C@@H](OC2=C(C)C(=O)c3c(O)c(C)c(C4CCC4)c(O)c3C2=O)[C@H](OC(C)=O)C(OC(C)=O)[C@@H]1OC(C)=O. The van der Waals surface area contributed by atoms with E-state index in [-0.39, 0.29) is 22.6 Å². The van der Waals surface area contributed by atoms with Gasteiger partial charge in [-0.2, -0.15) is 0 Å². The van der Waals surface area contributed by atoms with Gasteiger partial charge in [0, 0.05) is 38.8 Å². The van der Waals surface area contributed by atoms with E-state index in [2.05, 4.69) is 0 Å². The topological polar surface area (TPSA) is 198 Å². The molecule has 1 aliphatic heterocycles. The summed E-state index contributed by atoms with van der Waals surface area (Å²) in [4.78, 5) is 75.1. The van der Waals surface area contributed by atoms with Crippen LogP contribution in [0.4, 0.5) is 0 Å². The van der Waals surface area contributed by atoms with Gasteiger partial charge in [0.05, 0.1) is 11.1 Å². The van der Waals surface area contributed by atoms with Gasteiger partial charge in [-0.25, -0.2) is 0 Å². The number of ketones is 2. The number of Topliss-reactive ketones (excluding diaryl/α,β-unsaturated/α-hetero) is 2. The van der Waals surface area contributed by atoms with Gasteiger partial charge in [0.15, 0.2) is 23.4 Å². The summed E-state index contributed by atoms with van der Waals surface area (Å²) in [6.07, 6.45) is -3.73. The van der Waals surface area contributed by atoms with E-state index < -0.39 is 88.6 Å². The summed E-state index contributed by atoms with van der Waals surface area (Å²) in [5.41, 5.74) is -0.497. The molecule has 1 aromatic rings. The highest BCUT2D eigenvalue weighted by molar-refractivity contribution is 6.28. The molecule has 2 aliphatic carbocycles. The van der Waals surface area contributed by atoms with E-state index in [9.17, 15) is 39.0 Å². The van der Waals surface area contributed by atoms with Crippen LogP contribution in [0.15, 0.2) is 23.4 Å². The Balaban J connectivity index is 1.83. The predicted molar refractivity (Wildman–Crippen MR) is 145 cm³/mol. The largest absolute Gasteiger partial charge is 0.507 e. The fraction of sp³-hybridized carbons (Fsp3) is 0.467. The zero-order valence-electron chi connectivity index (χ0n) is 24.9. The van der Waals surface area contributed by atoms with Gasteiger partial charge in [0.2, 0.25) is 18.0 Å². The minimum Gasteiger partial charge on any atom is -0.507 e. The molecule has 1 saturated carbocycles. The first-order valence-electron chi connectivity index (χ1n) is 13.7. The molecule has 0 spiro atoms. The predicted octanol–water partition coefficient (Wildman–Crippen LogP) is 2.90. The van der Waals surface area contributed by atoms with Crippen LogP contribution in [0.2, 0.25) is 0 Å². The van der Waals surface area contributed by atoms with E-state index in [1.54, 1.807) is 6.92 Å². The van der Waals surface area contributed by atoms with Crippen LogP contribution in [0.1, 0.15) is 91.6 Å². The quantitative estimate of drug-likeness (QED) is 0.196. The maximum Gasteiger partial charge on any atom is 0.307 e. The van der Waals surface area contributed by atoms with Gasteiger partial charge >= 0.3 is 23.9 Å². The highest BCUT2D eigenvalue weighted by atomic mass is 16.7. The van der Waals surface area contributed by atoms with Gasteiger partial charge < -0.3 is 38.6 Å². The number of hydrogen-bond donors (Lipinski definition) is 2.